The maximum atomic E-state index is 15.5. The molecule has 1 unspecified atom stereocenters. The van der Waals surface area contributed by atoms with E-state index >= 15 is 8.78 Å². The number of hydrogen-bond acceptors (Lipinski definition) is 8. The molecule has 196 valence electrons. The highest BCUT2D eigenvalue weighted by Gasteiger charge is 2.37. The fraction of sp³-hybridized carbons (Fsp3) is 0.296. The van der Waals surface area contributed by atoms with Gasteiger partial charge in [0.15, 0.2) is 5.82 Å². The average Bonchev–Trinajstić information content (AvgIpc) is 3.29. The van der Waals surface area contributed by atoms with E-state index in [0.29, 0.717) is 54.6 Å². The first-order valence-corrected chi connectivity index (χ1v) is 12.3. The molecule has 4 aromatic rings. The molecule has 0 radical (unpaired) electrons. The number of fused-ring (bicyclic) bond motifs is 2. The monoisotopic (exact) mass is 520 g/mol. The lowest BCUT2D eigenvalue weighted by Gasteiger charge is -2.29. The minimum Gasteiger partial charge on any atom is -0.496 e. The highest BCUT2D eigenvalue weighted by atomic mass is 19.1. The smallest absolute Gasteiger partial charge is 0.239 e. The van der Waals surface area contributed by atoms with Gasteiger partial charge in [0.2, 0.25) is 5.91 Å². The third-order valence-electron chi connectivity index (χ3n) is 6.44. The molecule has 0 spiro atoms. The van der Waals surface area contributed by atoms with Crippen molar-refractivity contribution in [3.05, 3.63) is 65.9 Å². The van der Waals surface area contributed by atoms with E-state index in [1.165, 1.54) is 44.0 Å². The number of anilines is 2. The Morgan fingerprint density at radius 1 is 1.00 bits per heavy atom. The summed E-state index contributed by atoms with van der Waals surface area (Å²) >= 11 is 0. The lowest BCUT2D eigenvalue weighted by Crippen LogP contribution is -2.36. The third-order valence-corrected chi connectivity index (χ3v) is 6.44. The van der Waals surface area contributed by atoms with Crippen LogP contribution in [0.2, 0.25) is 0 Å². The molecule has 1 fully saturated rings. The SMILES string of the molecule is CC.COc1cc(F)c(-c2ncnc3cc(N4CCOCC4)cc(F)c23)cc1C1C(=O)Nc2nccnc21. The molecule has 2 aromatic carbocycles. The Kier molecular flexibility index (Phi) is 7.10. The number of rotatable bonds is 4. The van der Waals surface area contributed by atoms with E-state index in [-0.39, 0.29) is 28.3 Å². The Labute approximate surface area is 217 Å². The molecule has 2 aromatic heterocycles. The molecule has 4 heterocycles. The molecule has 38 heavy (non-hydrogen) atoms. The third kappa shape index (κ3) is 4.38. The number of nitrogens with one attached hydrogen (secondary N) is 1. The van der Waals surface area contributed by atoms with Crippen LogP contribution < -0.4 is 15.0 Å². The molecule has 9 nitrogen and oxygen atoms in total. The molecular formula is C27H26F2N6O3. The minimum atomic E-state index is -0.881. The molecule has 2 aliphatic rings. The van der Waals surface area contributed by atoms with Crippen molar-refractivity contribution in [3.63, 3.8) is 0 Å². The van der Waals surface area contributed by atoms with E-state index in [4.69, 9.17) is 9.47 Å². The van der Waals surface area contributed by atoms with Gasteiger partial charge in [0.25, 0.3) is 0 Å². The van der Waals surface area contributed by atoms with Gasteiger partial charge in [-0.05, 0) is 18.2 Å². The normalized spacial score (nSPS) is 16.5. The average molecular weight is 521 g/mol. The highest BCUT2D eigenvalue weighted by Crippen LogP contribution is 2.42. The van der Waals surface area contributed by atoms with Gasteiger partial charge in [-0.3, -0.25) is 9.78 Å². The Balaban J connectivity index is 0.00000144. The molecule has 1 N–H and O–H groups in total. The first-order chi connectivity index (χ1) is 18.5. The summed E-state index contributed by atoms with van der Waals surface area (Å²) in [4.78, 5) is 31.8. The van der Waals surface area contributed by atoms with Gasteiger partial charge >= 0.3 is 0 Å². The Morgan fingerprint density at radius 2 is 1.76 bits per heavy atom. The summed E-state index contributed by atoms with van der Waals surface area (Å²) < 4.78 is 41.7. The summed E-state index contributed by atoms with van der Waals surface area (Å²) in [5, 5.41) is 2.77. The number of carbonyl (C=O) groups is 1. The number of nitrogens with zero attached hydrogens (tertiary/aromatic N) is 5. The number of methoxy groups -OCH3 is 1. The fourth-order valence-electron chi connectivity index (χ4n) is 4.75. The van der Waals surface area contributed by atoms with Crippen molar-refractivity contribution in [3.8, 4) is 17.0 Å². The van der Waals surface area contributed by atoms with Crippen molar-refractivity contribution in [1.29, 1.82) is 0 Å². The highest BCUT2D eigenvalue weighted by molar-refractivity contribution is 6.04. The lowest BCUT2D eigenvalue weighted by molar-refractivity contribution is -0.116. The quantitative estimate of drug-likeness (QED) is 0.425. The van der Waals surface area contributed by atoms with Gasteiger partial charge in [0.1, 0.15) is 35.3 Å². The largest absolute Gasteiger partial charge is 0.496 e. The van der Waals surface area contributed by atoms with Crippen LogP contribution in [0.5, 0.6) is 5.75 Å². The van der Waals surface area contributed by atoms with E-state index in [1.807, 2.05) is 18.7 Å². The summed E-state index contributed by atoms with van der Waals surface area (Å²) in [6.07, 6.45) is 4.21. The Morgan fingerprint density at radius 3 is 2.53 bits per heavy atom. The van der Waals surface area contributed by atoms with Crippen LogP contribution in [0.15, 0.2) is 43.0 Å². The number of halogens is 2. The van der Waals surface area contributed by atoms with Crippen LogP contribution in [-0.2, 0) is 9.53 Å². The molecule has 0 bridgehead atoms. The maximum Gasteiger partial charge on any atom is 0.239 e. The number of morpholine rings is 1. The topological polar surface area (TPSA) is 102 Å². The Bertz CT molecular complexity index is 1510. The van der Waals surface area contributed by atoms with Crippen molar-refractivity contribution >= 4 is 28.3 Å². The van der Waals surface area contributed by atoms with Gasteiger partial charge in [0, 0.05) is 48.4 Å². The standard InChI is InChI=1S/C25H20F2N6O3.C2H6/c1-35-19-11-16(26)14(10-15(19)20-23-24(32-25(20)34)29-3-2-28-23)22-21-17(27)8-13(9-18(21)30-12-31-22)33-4-6-36-7-5-33;1-2/h2-3,8-12,20H,4-7H2,1H3,(H,29,32,34);1-2H3. The van der Waals surface area contributed by atoms with Crippen LogP contribution in [0, 0.1) is 11.6 Å². The van der Waals surface area contributed by atoms with Crippen molar-refractivity contribution < 1.29 is 23.0 Å². The number of carbonyl (C=O) groups excluding carboxylic acids is 1. The number of amides is 1. The van der Waals surface area contributed by atoms with Gasteiger partial charge in [-0.15, -0.1) is 0 Å². The first kappa shape index (κ1) is 25.4. The van der Waals surface area contributed by atoms with Crippen molar-refractivity contribution in [2.75, 3.05) is 43.6 Å². The zero-order valence-electron chi connectivity index (χ0n) is 21.2. The van der Waals surface area contributed by atoms with E-state index in [2.05, 4.69) is 25.3 Å². The second kappa shape index (κ2) is 10.6. The summed E-state index contributed by atoms with van der Waals surface area (Å²) in [6.45, 7) is 6.37. The van der Waals surface area contributed by atoms with Crippen LogP contribution in [0.4, 0.5) is 20.3 Å². The Hall–Kier alpha value is -4.25. The molecule has 2 aliphatic heterocycles. The van der Waals surface area contributed by atoms with Crippen molar-refractivity contribution in [2.24, 2.45) is 0 Å². The zero-order valence-corrected chi connectivity index (χ0v) is 21.2. The molecule has 1 amide bonds. The number of aromatic nitrogens is 4. The van der Waals surface area contributed by atoms with E-state index in [1.54, 1.807) is 6.07 Å². The fourth-order valence-corrected chi connectivity index (χ4v) is 4.75. The number of benzene rings is 2. The second-order valence-corrected chi connectivity index (χ2v) is 8.43. The van der Waals surface area contributed by atoms with Gasteiger partial charge in [-0.25, -0.2) is 23.7 Å². The minimum absolute atomic E-state index is 0.0152. The first-order valence-electron chi connectivity index (χ1n) is 12.3. The van der Waals surface area contributed by atoms with Gasteiger partial charge in [0.05, 0.1) is 36.9 Å². The van der Waals surface area contributed by atoms with Crippen LogP contribution in [0.3, 0.4) is 0 Å². The number of ether oxygens (including phenoxy) is 2. The van der Waals surface area contributed by atoms with Gasteiger partial charge in [-0.2, -0.15) is 0 Å². The van der Waals surface area contributed by atoms with Crippen LogP contribution in [0.25, 0.3) is 22.2 Å². The van der Waals surface area contributed by atoms with Gasteiger partial charge in [-0.1, -0.05) is 13.8 Å². The predicted molar refractivity (Wildman–Crippen MR) is 138 cm³/mol. The molecule has 1 atom stereocenters. The summed E-state index contributed by atoms with van der Waals surface area (Å²) in [5.41, 5.74) is 1.86. The van der Waals surface area contributed by atoms with E-state index in [9.17, 15) is 4.79 Å². The summed E-state index contributed by atoms with van der Waals surface area (Å²) in [7, 11) is 1.38. The predicted octanol–water partition coefficient (Wildman–Crippen LogP) is 4.32. The van der Waals surface area contributed by atoms with Crippen molar-refractivity contribution in [1.82, 2.24) is 19.9 Å². The molecule has 0 aliphatic carbocycles. The van der Waals surface area contributed by atoms with Crippen LogP contribution >= 0.6 is 0 Å². The van der Waals surface area contributed by atoms with Gasteiger partial charge < -0.3 is 19.7 Å². The second-order valence-electron chi connectivity index (χ2n) is 8.43. The van der Waals surface area contributed by atoms with E-state index in [0.717, 1.165) is 0 Å². The molecule has 11 heteroatoms. The maximum absolute atomic E-state index is 15.5. The van der Waals surface area contributed by atoms with Crippen LogP contribution in [0.1, 0.15) is 31.0 Å². The van der Waals surface area contributed by atoms with E-state index < -0.39 is 17.6 Å². The zero-order chi connectivity index (χ0) is 26.8. The summed E-state index contributed by atoms with van der Waals surface area (Å²) in [5.74, 6) is -2.02. The lowest BCUT2D eigenvalue weighted by atomic mass is 9.92. The summed E-state index contributed by atoms with van der Waals surface area (Å²) in [6, 6.07) is 5.78. The number of hydrogen-bond donors (Lipinski definition) is 1. The van der Waals surface area contributed by atoms with Crippen molar-refractivity contribution in [2.45, 2.75) is 19.8 Å². The molecular weight excluding hydrogens is 494 g/mol. The molecule has 6 rings (SSSR count). The van der Waals surface area contributed by atoms with Crippen LogP contribution in [-0.4, -0.2) is 59.3 Å². The molecule has 1 saturated heterocycles. The molecule has 0 saturated carbocycles.